The lowest BCUT2D eigenvalue weighted by atomic mass is 9.99. The Labute approximate surface area is 306 Å². The second kappa shape index (κ2) is 14.1. The maximum Gasteiger partial charge on any atom is 0.0558 e. The minimum Gasteiger partial charge on any atom is -0.313 e. The van der Waals surface area contributed by atoms with Crippen molar-refractivity contribution in [2.45, 2.75) is 25.7 Å². The molecule has 1 heterocycles. The van der Waals surface area contributed by atoms with Crippen molar-refractivity contribution in [3.63, 3.8) is 0 Å². The number of aromatic nitrogens is 1. The monoisotopic (exact) mass is 668 g/mol. The number of para-hydroxylation sites is 2. The van der Waals surface area contributed by atoms with Gasteiger partial charge in [0.05, 0.1) is 11.0 Å². The molecule has 0 N–H and O–H groups in total. The smallest absolute Gasteiger partial charge is 0.0558 e. The van der Waals surface area contributed by atoms with Crippen LogP contribution in [0.2, 0.25) is 0 Å². The third kappa shape index (κ3) is 6.14. The van der Waals surface area contributed by atoms with E-state index in [9.17, 15) is 0 Å². The molecule has 0 bridgehead atoms. The average molecular weight is 669 g/mol. The Hall–Kier alpha value is -6.38. The van der Waals surface area contributed by atoms with Crippen LogP contribution in [0.1, 0.15) is 31.2 Å². The highest BCUT2D eigenvalue weighted by atomic mass is 15.1. The highest BCUT2D eigenvalue weighted by Crippen LogP contribution is 2.41. The van der Waals surface area contributed by atoms with Gasteiger partial charge in [-0.3, -0.25) is 0 Å². The van der Waals surface area contributed by atoms with Crippen LogP contribution in [0.3, 0.4) is 0 Å². The third-order valence-corrected chi connectivity index (χ3v) is 10.4. The summed E-state index contributed by atoms with van der Waals surface area (Å²) in [5.74, 6) is 0. The molecule has 0 radical (unpaired) electrons. The van der Waals surface area contributed by atoms with E-state index in [0.29, 0.717) is 0 Å². The number of anilines is 3. The van der Waals surface area contributed by atoms with E-state index in [2.05, 4.69) is 204 Å². The Morgan fingerprint density at radius 2 is 1.04 bits per heavy atom. The molecule has 7 aromatic rings. The van der Waals surface area contributed by atoms with Gasteiger partial charge in [0, 0.05) is 40.0 Å². The Balaban J connectivity index is 1.13. The lowest BCUT2D eigenvalue weighted by Crippen LogP contribution is -2.10. The van der Waals surface area contributed by atoms with E-state index in [1.165, 1.54) is 60.9 Å². The van der Waals surface area contributed by atoms with Gasteiger partial charge >= 0.3 is 0 Å². The molecule has 2 nitrogen and oxygen atoms in total. The van der Waals surface area contributed by atoms with Gasteiger partial charge in [-0.1, -0.05) is 146 Å². The summed E-state index contributed by atoms with van der Waals surface area (Å²) in [6, 6.07) is 56.8. The number of benzene rings is 6. The first kappa shape index (κ1) is 31.6. The zero-order valence-corrected chi connectivity index (χ0v) is 29.2. The van der Waals surface area contributed by atoms with Gasteiger partial charge in [-0.25, -0.2) is 0 Å². The molecule has 0 fully saturated rings. The normalized spacial score (nSPS) is 14.6. The zero-order valence-electron chi connectivity index (χ0n) is 29.2. The molecule has 9 rings (SSSR count). The van der Waals surface area contributed by atoms with Crippen molar-refractivity contribution in [3.8, 4) is 11.1 Å². The fraction of sp³-hybridized carbons (Fsp3) is 0.0800. The van der Waals surface area contributed by atoms with Crippen LogP contribution in [0.25, 0.3) is 44.2 Å². The van der Waals surface area contributed by atoms with Crippen LogP contribution in [-0.2, 0) is 0 Å². The van der Waals surface area contributed by atoms with Gasteiger partial charge in [0.25, 0.3) is 0 Å². The van der Waals surface area contributed by atoms with Gasteiger partial charge in [-0.15, -0.1) is 0 Å². The molecule has 250 valence electrons. The molecule has 0 spiro atoms. The van der Waals surface area contributed by atoms with Crippen LogP contribution in [0.5, 0.6) is 0 Å². The average Bonchev–Trinajstić information content (AvgIpc) is 3.40. The van der Waals surface area contributed by atoms with Crippen LogP contribution in [0.4, 0.5) is 17.1 Å². The molecular formula is C50H40N2. The van der Waals surface area contributed by atoms with E-state index in [0.717, 1.165) is 42.7 Å². The quantitative estimate of drug-likeness (QED) is 0.164. The summed E-state index contributed by atoms with van der Waals surface area (Å²) in [5.41, 5.74) is 15.0. The fourth-order valence-electron chi connectivity index (χ4n) is 7.83. The number of nitrogens with zero attached hydrogens (tertiary/aromatic N) is 2. The van der Waals surface area contributed by atoms with Crippen molar-refractivity contribution in [2.24, 2.45) is 0 Å². The largest absolute Gasteiger partial charge is 0.313 e. The second-order valence-corrected chi connectivity index (χ2v) is 13.6. The summed E-state index contributed by atoms with van der Waals surface area (Å²) in [6.45, 7) is 0. The van der Waals surface area contributed by atoms with Crippen LogP contribution >= 0.6 is 0 Å². The number of hydrogen-bond acceptors (Lipinski definition) is 1. The Morgan fingerprint density at radius 3 is 1.83 bits per heavy atom. The van der Waals surface area contributed by atoms with Crippen LogP contribution in [0, 0.1) is 0 Å². The summed E-state index contributed by atoms with van der Waals surface area (Å²) in [5, 5.41) is 2.53. The summed E-state index contributed by atoms with van der Waals surface area (Å²) in [6.07, 6.45) is 18.2. The minimum atomic E-state index is 0.847. The molecule has 0 saturated carbocycles. The first-order valence-corrected chi connectivity index (χ1v) is 18.4. The van der Waals surface area contributed by atoms with Crippen molar-refractivity contribution in [3.05, 3.63) is 211 Å². The molecule has 2 heteroatoms. The van der Waals surface area contributed by atoms with Crippen molar-refractivity contribution >= 4 is 50.1 Å². The molecule has 0 aliphatic heterocycles. The molecule has 0 atom stereocenters. The number of allylic oxidation sites excluding steroid dienone is 10. The molecule has 0 saturated heterocycles. The van der Waals surface area contributed by atoms with Crippen LogP contribution in [-0.4, -0.2) is 4.57 Å². The van der Waals surface area contributed by atoms with E-state index in [4.69, 9.17) is 0 Å². The first-order chi connectivity index (χ1) is 25.8. The summed E-state index contributed by atoms with van der Waals surface area (Å²) in [7, 11) is 0. The van der Waals surface area contributed by atoms with Crippen molar-refractivity contribution < 1.29 is 0 Å². The van der Waals surface area contributed by atoms with Gasteiger partial charge in [0.1, 0.15) is 0 Å². The van der Waals surface area contributed by atoms with Crippen molar-refractivity contribution in [1.29, 1.82) is 0 Å². The highest BCUT2D eigenvalue weighted by Gasteiger charge is 2.19. The first-order valence-electron chi connectivity index (χ1n) is 18.4. The Morgan fingerprint density at radius 1 is 0.442 bits per heavy atom. The van der Waals surface area contributed by atoms with Crippen molar-refractivity contribution in [1.82, 2.24) is 4.57 Å². The Kier molecular flexibility index (Phi) is 8.56. The summed E-state index contributed by atoms with van der Waals surface area (Å²) >= 11 is 0. The maximum absolute atomic E-state index is 2.48. The SMILES string of the molecule is C1=CC(C2=CC=C(c3ccccc3)CCC2)=CC=C(n2c3ccccc3c3ccc(N(c4ccccc4)c4ccc(-c5ccccc5)cc4)cc32)C1. The lowest BCUT2D eigenvalue weighted by molar-refractivity contribution is 0.858. The maximum atomic E-state index is 2.48. The molecule has 2 aliphatic carbocycles. The summed E-state index contributed by atoms with van der Waals surface area (Å²) < 4.78 is 2.48. The van der Waals surface area contributed by atoms with Crippen LogP contribution in [0.15, 0.2) is 205 Å². The number of fused-ring (bicyclic) bond motifs is 3. The topological polar surface area (TPSA) is 8.17 Å². The molecule has 52 heavy (non-hydrogen) atoms. The van der Waals surface area contributed by atoms with E-state index >= 15 is 0 Å². The predicted molar refractivity (Wildman–Crippen MR) is 222 cm³/mol. The molecule has 1 aromatic heterocycles. The fourth-order valence-corrected chi connectivity index (χ4v) is 7.83. The molecule has 0 unspecified atom stereocenters. The zero-order chi connectivity index (χ0) is 34.7. The van der Waals surface area contributed by atoms with E-state index in [-0.39, 0.29) is 0 Å². The Bertz CT molecular complexity index is 2530. The third-order valence-electron chi connectivity index (χ3n) is 10.4. The highest BCUT2D eigenvalue weighted by molar-refractivity contribution is 6.11. The molecule has 6 aromatic carbocycles. The van der Waals surface area contributed by atoms with E-state index in [1.54, 1.807) is 0 Å². The standard InChI is InChI=1S/C50H40N2/c1-4-14-37(15-5-1)39-18-12-19-40(27-26-39)41-20-13-23-44(31-28-41)52-49-25-11-10-24-47(49)48-35-34-46(36-50(48)52)51(43-21-8-3-9-22-43)45-32-29-42(30-33-45)38-16-6-2-7-17-38/h1-11,13-17,20-22,24-36H,12,18-19,23H2. The second-order valence-electron chi connectivity index (χ2n) is 13.6. The van der Waals surface area contributed by atoms with Crippen LogP contribution < -0.4 is 4.90 Å². The predicted octanol–water partition coefficient (Wildman–Crippen LogP) is 13.9. The molecule has 0 amide bonds. The van der Waals surface area contributed by atoms with E-state index in [1.807, 2.05) is 0 Å². The number of rotatable bonds is 7. The minimum absolute atomic E-state index is 0.847. The van der Waals surface area contributed by atoms with Gasteiger partial charge in [-0.2, -0.15) is 0 Å². The van der Waals surface area contributed by atoms with E-state index < -0.39 is 0 Å². The van der Waals surface area contributed by atoms with Gasteiger partial charge in [0.15, 0.2) is 0 Å². The summed E-state index contributed by atoms with van der Waals surface area (Å²) in [4.78, 5) is 2.37. The van der Waals surface area contributed by atoms with Gasteiger partial charge in [-0.05, 0) is 101 Å². The van der Waals surface area contributed by atoms with Crippen molar-refractivity contribution in [2.75, 3.05) is 4.90 Å². The lowest BCUT2D eigenvalue weighted by Gasteiger charge is -2.26. The van der Waals surface area contributed by atoms with Gasteiger partial charge < -0.3 is 9.47 Å². The molecule has 2 aliphatic rings. The van der Waals surface area contributed by atoms with Gasteiger partial charge in [0.2, 0.25) is 0 Å². The number of hydrogen-bond donors (Lipinski definition) is 0. The molecular weight excluding hydrogens is 629 g/mol.